The number of pyridine rings is 1. The number of carbonyl (C=O) groups excluding carboxylic acids is 1. The smallest absolute Gasteiger partial charge is 0.355 e. The van der Waals surface area contributed by atoms with Crippen LogP contribution in [0.25, 0.3) is 5.52 Å². The van der Waals surface area contributed by atoms with Crippen LogP contribution >= 0.6 is 0 Å². The zero-order valence-corrected chi connectivity index (χ0v) is 10.2. The third-order valence-electron chi connectivity index (χ3n) is 3.34. The van der Waals surface area contributed by atoms with E-state index in [2.05, 4.69) is 10.3 Å². The van der Waals surface area contributed by atoms with Crippen molar-refractivity contribution in [2.45, 2.75) is 18.9 Å². The molecule has 0 saturated carbocycles. The third kappa shape index (κ3) is 1.67. The van der Waals surface area contributed by atoms with Crippen LogP contribution in [0.2, 0.25) is 0 Å². The highest BCUT2D eigenvalue weighted by molar-refractivity contribution is 5.88. The fourth-order valence-electron chi connectivity index (χ4n) is 2.49. The molecule has 3 heterocycles. The van der Waals surface area contributed by atoms with Crippen molar-refractivity contribution < 1.29 is 9.53 Å². The zero-order chi connectivity index (χ0) is 12.5. The summed E-state index contributed by atoms with van der Waals surface area (Å²) >= 11 is 0. The Hall–Kier alpha value is -1.88. The van der Waals surface area contributed by atoms with E-state index >= 15 is 0 Å². The molecule has 1 aliphatic heterocycles. The van der Waals surface area contributed by atoms with E-state index in [1.807, 2.05) is 16.5 Å². The van der Waals surface area contributed by atoms with Gasteiger partial charge in [-0.1, -0.05) is 6.07 Å². The minimum Gasteiger partial charge on any atom is -0.464 e. The Kier molecular flexibility index (Phi) is 2.76. The molecule has 94 valence electrons. The summed E-state index contributed by atoms with van der Waals surface area (Å²) in [6, 6.07) is 5.77. The summed E-state index contributed by atoms with van der Waals surface area (Å²) in [6.45, 7) is 1.000. The molecule has 0 spiro atoms. The molecule has 3 rings (SSSR count). The first-order valence-electron chi connectivity index (χ1n) is 6.09. The van der Waals surface area contributed by atoms with Gasteiger partial charge >= 0.3 is 5.97 Å². The summed E-state index contributed by atoms with van der Waals surface area (Å²) in [5, 5.41) is 3.40. The predicted octanol–water partition coefficient (Wildman–Crippen LogP) is 1.55. The van der Waals surface area contributed by atoms with Crippen molar-refractivity contribution in [3.05, 3.63) is 35.9 Å². The van der Waals surface area contributed by atoms with Crippen molar-refractivity contribution in [3.63, 3.8) is 0 Å². The van der Waals surface area contributed by atoms with E-state index in [9.17, 15) is 4.79 Å². The molecule has 1 atom stereocenters. The van der Waals surface area contributed by atoms with E-state index in [-0.39, 0.29) is 12.0 Å². The fraction of sp³-hybridized carbons (Fsp3) is 0.385. The van der Waals surface area contributed by atoms with Gasteiger partial charge in [-0.3, -0.25) is 4.40 Å². The van der Waals surface area contributed by atoms with Crippen LogP contribution in [0.15, 0.2) is 24.4 Å². The lowest BCUT2D eigenvalue weighted by molar-refractivity contribution is 0.0591. The number of nitrogens with zero attached hydrogens (tertiary/aromatic N) is 2. The van der Waals surface area contributed by atoms with Gasteiger partial charge < -0.3 is 10.1 Å². The predicted molar refractivity (Wildman–Crippen MR) is 66.5 cm³/mol. The van der Waals surface area contributed by atoms with Crippen molar-refractivity contribution in [2.75, 3.05) is 13.7 Å². The Balaban J connectivity index is 2.17. The summed E-state index contributed by atoms with van der Waals surface area (Å²) in [4.78, 5) is 16.2. The van der Waals surface area contributed by atoms with Crippen LogP contribution in [0, 0.1) is 0 Å². The van der Waals surface area contributed by atoms with Crippen molar-refractivity contribution in [3.8, 4) is 0 Å². The lowest BCUT2D eigenvalue weighted by Crippen LogP contribution is -2.18. The molecular formula is C13H15N3O2. The SMILES string of the molecule is COC(=O)c1cccc2cnc(C3CCCN3)n12. The number of aromatic nitrogens is 2. The largest absolute Gasteiger partial charge is 0.464 e. The van der Waals surface area contributed by atoms with Crippen molar-refractivity contribution in [1.82, 2.24) is 14.7 Å². The number of hydrogen-bond acceptors (Lipinski definition) is 4. The first-order valence-corrected chi connectivity index (χ1v) is 6.09. The normalized spacial score (nSPS) is 19.3. The van der Waals surface area contributed by atoms with E-state index in [0.717, 1.165) is 30.7 Å². The topological polar surface area (TPSA) is 55.6 Å². The van der Waals surface area contributed by atoms with Gasteiger partial charge in [-0.25, -0.2) is 9.78 Å². The van der Waals surface area contributed by atoms with Gasteiger partial charge in [0, 0.05) is 0 Å². The maximum absolute atomic E-state index is 11.8. The molecule has 1 fully saturated rings. The molecule has 0 aromatic carbocycles. The Morgan fingerprint density at radius 3 is 3.17 bits per heavy atom. The number of ether oxygens (including phenoxy) is 1. The van der Waals surface area contributed by atoms with Crippen molar-refractivity contribution in [2.24, 2.45) is 0 Å². The number of rotatable bonds is 2. The van der Waals surface area contributed by atoms with Crippen LogP contribution in [-0.2, 0) is 4.74 Å². The molecule has 0 aliphatic carbocycles. The minimum atomic E-state index is -0.335. The van der Waals surface area contributed by atoms with Gasteiger partial charge in [-0.05, 0) is 31.5 Å². The summed E-state index contributed by atoms with van der Waals surface area (Å²) < 4.78 is 6.71. The van der Waals surface area contributed by atoms with Crippen molar-refractivity contribution in [1.29, 1.82) is 0 Å². The number of hydrogen-bond donors (Lipinski definition) is 1. The van der Waals surface area contributed by atoms with Gasteiger partial charge in [0.15, 0.2) is 0 Å². The lowest BCUT2D eigenvalue weighted by Gasteiger charge is -2.11. The summed E-state index contributed by atoms with van der Waals surface area (Å²) in [5.41, 5.74) is 1.44. The standard InChI is InChI=1S/C13H15N3O2/c1-18-13(17)11-6-2-4-9-8-15-12(16(9)11)10-5-3-7-14-10/h2,4,6,8,10,14H,3,5,7H2,1H3. The molecule has 0 amide bonds. The van der Waals surface area contributed by atoms with Gasteiger partial charge in [0.05, 0.1) is 24.9 Å². The maximum atomic E-state index is 11.8. The average Bonchev–Trinajstić information content (AvgIpc) is 3.05. The Morgan fingerprint density at radius 1 is 1.56 bits per heavy atom. The third-order valence-corrected chi connectivity index (χ3v) is 3.34. The Labute approximate surface area is 105 Å². The van der Waals surface area contributed by atoms with E-state index in [4.69, 9.17) is 4.74 Å². The van der Waals surface area contributed by atoms with Gasteiger partial charge in [0.25, 0.3) is 0 Å². The molecule has 5 nitrogen and oxygen atoms in total. The first kappa shape index (κ1) is 11.2. The number of methoxy groups -OCH3 is 1. The van der Waals surface area contributed by atoms with Gasteiger partial charge in [0.2, 0.25) is 0 Å². The highest BCUT2D eigenvalue weighted by Gasteiger charge is 2.23. The van der Waals surface area contributed by atoms with Gasteiger partial charge in [-0.2, -0.15) is 0 Å². The second-order valence-corrected chi connectivity index (χ2v) is 4.43. The number of fused-ring (bicyclic) bond motifs is 1. The highest BCUT2D eigenvalue weighted by atomic mass is 16.5. The van der Waals surface area contributed by atoms with Crippen LogP contribution in [-0.4, -0.2) is 29.0 Å². The molecular weight excluding hydrogens is 230 g/mol. The average molecular weight is 245 g/mol. The number of nitrogens with one attached hydrogen (secondary N) is 1. The quantitative estimate of drug-likeness (QED) is 0.815. The molecule has 1 unspecified atom stereocenters. The Bertz CT molecular complexity index is 585. The van der Waals surface area contributed by atoms with Gasteiger partial charge in [0.1, 0.15) is 11.5 Å². The second-order valence-electron chi connectivity index (χ2n) is 4.43. The van der Waals surface area contributed by atoms with Crippen LogP contribution in [0.1, 0.15) is 35.2 Å². The van der Waals surface area contributed by atoms with Crippen molar-refractivity contribution >= 4 is 11.5 Å². The van der Waals surface area contributed by atoms with E-state index < -0.39 is 0 Å². The lowest BCUT2D eigenvalue weighted by atomic mass is 10.2. The summed E-state index contributed by atoms with van der Waals surface area (Å²) in [5.74, 6) is 0.557. The second kappa shape index (κ2) is 4.42. The van der Waals surface area contributed by atoms with Crippen LogP contribution in [0.4, 0.5) is 0 Å². The maximum Gasteiger partial charge on any atom is 0.355 e. The molecule has 2 aromatic rings. The summed E-state index contributed by atoms with van der Waals surface area (Å²) in [6.07, 6.45) is 3.98. The molecule has 1 aliphatic rings. The molecule has 5 heteroatoms. The minimum absolute atomic E-state index is 0.221. The molecule has 1 saturated heterocycles. The van der Waals surface area contributed by atoms with Crippen LogP contribution in [0.5, 0.6) is 0 Å². The zero-order valence-electron chi connectivity index (χ0n) is 10.2. The molecule has 0 radical (unpaired) electrons. The summed E-state index contributed by atoms with van der Waals surface area (Å²) in [7, 11) is 1.39. The Morgan fingerprint density at radius 2 is 2.44 bits per heavy atom. The first-order chi connectivity index (χ1) is 8.81. The molecule has 1 N–H and O–H groups in total. The van der Waals surface area contributed by atoms with Crippen LogP contribution in [0.3, 0.4) is 0 Å². The van der Waals surface area contributed by atoms with Crippen LogP contribution < -0.4 is 5.32 Å². The van der Waals surface area contributed by atoms with E-state index in [1.54, 1.807) is 12.3 Å². The number of imidazole rings is 1. The molecule has 2 aromatic heterocycles. The number of esters is 1. The highest BCUT2D eigenvalue weighted by Crippen LogP contribution is 2.24. The monoisotopic (exact) mass is 245 g/mol. The van der Waals surface area contributed by atoms with Gasteiger partial charge in [-0.15, -0.1) is 0 Å². The van der Waals surface area contributed by atoms with E-state index in [0.29, 0.717) is 5.69 Å². The molecule has 0 bridgehead atoms. The number of carbonyl (C=O) groups is 1. The molecule has 18 heavy (non-hydrogen) atoms. The fourth-order valence-corrected chi connectivity index (χ4v) is 2.49. The van der Waals surface area contributed by atoms with E-state index in [1.165, 1.54) is 7.11 Å².